The Balaban J connectivity index is 2.71. The van der Waals surface area contributed by atoms with Gasteiger partial charge in [0, 0.05) is 0 Å². The summed E-state index contributed by atoms with van der Waals surface area (Å²) in [6.45, 7) is 9.56. The molecule has 0 N–H and O–H groups in total. The van der Waals surface area contributed by atoms with Crippen LogP contribution in [0.4, 0.5) is 0 Å². The molecule has 0 aromatic heterocycles. The van der Waals surface area contributed by atoms with E-state index in [2.05, 4.69) is 45.9 Å². The van der Waals surface area contributed by atoms with Crippen molar-refractivity contribution in [3.63, 3.8) is 0 Å². The first kappa shape index (κ1) is 12.1. The Labute approximate surface area is 93.5 Å². The summed E-state index contributed by atoms with van der Waals surface area (Å²) in [4.78, 5) is 0. The lowest BCUT2D eigenvalue weighted by Gasteiger charge is -2.11. The number of rotatable bonds is 5. The number of hydrogen-bond acceptors (Lipinski definition) is 1. The number of unbranched alkanes of at least 4 members (excludes halogenated alkanes) is 1. The summed E-state index contributed by atoms with van der Waals surface area (Å²) in [6, 6.07) is 6.51. The maximum atomic E-state index is 5.72. The molecule has 1 nitrogen and oxygen atoms in total. The molecule has 0 saturated heterocycles. The summed E-state index contributed by atoms with van der Waals surface area (Å²) in [7, 11) is 0. The Morgan fingerprint density at radius 1 is 1.20 bits per heavy atom. The molecule has 0 aliphatic carbocycles. The Kier molecular flexibility index (Phi) is 4.67. The fourth-order valence-electron chi connectivity index (χ4n) is 1.53. The van der Waals surface area contributed by atoms with E-state index in [1.54, 1.807) is 0 Å². The van der Waals surface area contributed by atoms with Gasteiger partial charge in [0.1, 0.15) is 5.75 Å². The topological polar surface area (TPSA) is 9.23 Å². The molecule has 0 radical (unpaired) electrons. The highest BCUT2D eigenvalue weighted by Gasteiger charge is 2.03. The number of ether oxygens (including phenoxy) is 1. The smallest absolute Gasteiger partial charge is 0.119 e. The summed E-state index contributed by atoms with van der Waals surface area (Å²) < 4.78 is 5.72. The molecule has 1 aromatic carbocycles. The average Bonchev–Trinajstić information content (AvgIpc) is 2.17. The SMILES string of the molecule is CCCCOc1cc(C)cc(C(C)C)c1. The monoisotopic (exact) mass is 206 g/mol. The van der Waals surface area contributed by atoms with Crippen molar-refractivity contribution in [1.29, 1.82) is 0 Å². The lowest BCUT2D eigenvalue weighted by atomic mass is 10.0. The Bertz CT molecular complexity index is 302. The van der Waals surface area contributed by atoms with E-state index in [4.69, 9.17) is 4.74 Å². The number of aryl methyl sites for hydroxylation is 1. The van der Waals surface area contributed by atoms with Crippen LogP contribution in [0.2, 0.25) is 0 Å². The van der Waals surface area contributed by atoms with Crippen LogP contribution in [0, 0.1) is 6.92 Å². The van der Waals surface area contributed by atoms with Crippen LogP contribution >= 0.6 is 0 Å². The number of hydrogen-bond donors (Lipinski definition) is 0. The second kappa shape index (κ2) is 5.79. The molecule has 0 fully saturated rings. The van der Waals surface area contributed by atoms with Crippen LogP contribution < -0.4 is 4.74 Å². The van der Waals surface area contributed by atoms with Crippen molar-refractivity contribution in [2.75, 3.05) is 6.61 Å². The van der Waals surface area contributed by atoms with Crippen LogP contribution in [-0.4, -0.2) is 6.61 Å². The van der Waals surface area contributed by atoms with E-state index in [0.29, 0.717) is 5.92 Å². The van der Waals surface area contributed by atoms with Crippen LogP contribution in [0.3, 0.4) is 0 Å². The lowest BCUT2D eigenvalue weighted by Crippen LogP contribution is -1.98. The molecule has 84 valence electrons. The zero-order valence-corrected chi connectivity index (χ0v) is 10.3. The molecule has 0 amide bonds. The van der Waals surface area contributed by atoms with Gasteiger partial charge in [-0.1, -0.05) is 33.3 Å². The predicted molar refractivity (Wildman–Crippen MR) is 65.7 cm³/mol. The molecule has 0 aliphatic heterocycles. The summed E-state index contributed by atoms with van der Waals surface area (Å²) in [5, 5.41) is 0. The third kappa shape index (κ3) is 3.94. The highest BCUT2D eigenvalue weighted by Crippen LogP contribution is 2.22. The van der Waals surface area contributed by atoms with Crippen LogP contribution in [0.25, 0.3) is 0 Å². The van der Waals surface area contributed by atoms with Crippen LogP contribution in [0.5, 0.6) is 5.75 Å². The first-order valence-electron chi connectivity index (χ1n) is 5.88. The molecular formula is C14H22O. The van der Waals surface area contributed by atoms with Gasteiger partial charge in [0.2, 0.25) is 0 Å². The molecule has 1 rings (SSSR count). The fraction of sp³-hybridized carbons (Fsp3) is 0.571. The van der Waals surface area contributed by atoms with Crippen molar-refractivity contribution in [3.05, 3.63) is 29.3 Å². The minimum atomic E-state index is 0.568. The first-order chi connectivity index (χ1) is 7.13. The van der Waals surface area contributed by atoms with Gasteiger partial charge in [0.05, 0.1) is 6.61 Å². The highest BCUT2D eigenvalue weighted by atomic mass is 16.5. The van der Waals surface area contributed by atoms with Crippen LogP contribution in [-0.2, 0) is 0 Å². The summed E-state index contributed by atoms with van der Waals surface area (Å²) in [5.74, 6) is 1.59. The highest BCUT2D eigenvalue weighted by molar-refractivity contribution is 5.35. The molecule has 15 heavy (non-hydrogen) atoms. The van der Waals surface area contributed by atoms with Crippen molar-refractivity contribution in [1.82, 2.24) is 0 Å². The Hall–Kier alpha value is -0.980. The van der Waals surface area contributed by atoms with Crippen LogP contribution in [0.15, 0.2) is 18.2 Å². The largest absolute Gasteiger partial charge is 0.494 e. The summed E-state index contributed by atoms with van der Waals surface area (Å²) in [5.41, 5.74) is 2.65. The van der Waals surface area contributed by atoms with Crippen molar-refractivity contribution in [2.45, 2.75) is 46.5 Å². The van der Waals surface area contributed by atoms with Crippen LogP contribution in [0.1, 0.15) is 50.7 Å². The Morgan fingerprint density at radius 3 is 2.53 bits per heavy atom. The second-order valence-corrected chi connectivity index (χ2v) is 4.44. The molecule has 1 heteroatoms. The molecule has 0 spiro atoms. The maximum Gasteiger partial charge on any atom is 0.119 e. The van der Waals surface area contributed by atoms with E-state index in [1.165, 1.54) is 17.5 Å². The second-order valence-electron chi connectivity index (χ2n) is 4.44. The minimum Gasteiger partial charge on any atom is -0.494 e. The van der Waals surface area contributed by atoms with Gasteiger partial charge in [-0.2, -0.15) is 0 Å². The predicted octanol–water partition coefficient (Wildman–Crippen LogP) is 4.30. The van der Waals surface area contributed by atoms with E-state index in [9.17, 15) is 0 Å². The zero-order valence-electron chi connectivity index (χ0n) is 10.3. The van der Waals surface area contributed by atoms with E-state index in [-0.39, 0.29) is 0 Å². The molecule has 0 aliphatic rings. The molecule has 0 atom stereocenters. The van der Waals surface area contributed by atoms with Crippen molar-refractivity contribution < 1.29 is 4.74 Å². The molecule has 0 unspecified atom stereocenters. The van der Waals surface area contributed by atoms with Gasteiger partial charge in [-0.15, -0.1) is 0 Å². The standard InChI is InChI=1S/C14H22O/c1-5-6-7-15-14-9-12(4)8-13(10-14)11(2)3/h8-11H,5-7H2,1-4H3. The van der Waals surface area contributed by atoms with Crippen molar-refractivity contribution >= 4 is 0 Å². The quantitative estimate of drug-likeness (QED) is 0.653. The maximum absolute atomic E-state index is 5.72. The van der Waals surface area contributed by atoms with E-state index in [0.717, 1.165) is 18.8 Å². The molecule has 0 saturated carbocycles. The summed E-state index contributed by atoms with van der Waals surface area (Å²) in [6.07, 6.45) is 2.31. The lowest BCUT2D eigenvalue weighted by molar-refractivity contribution is 0.309. The van der Waals surface area contributed by atoms with Crippen molar-refractivity contribution in [3.8, 4) is 5.75 Å². The first-order valence-corrected chi connectivity index (χ1v) is 5.88. The number of benzene rings is 1. The normalized spacial score (nSPS) is 10.7. The molecular weight excluding hydrogens is 184 g/mol. The van der Waals surface area contributed by atoms with Gasteiger partial charge < -0.3 is 4.74 Å². The van der Waals surface area contributed by atoms with E-state index in [1.807, 2.05) is 0 Å². The van der Waals surface area contributed by atoms with Gasteiger partial charge in [-0.25, -0.2) is 0 Å². The van der Waals surface area contributed by atoms with E-state index >= 15 is 0 Å². The molecule has 1 aromatic rings. The average molecular weight is 206 g/mol. The summed E-state index contributed by atoms with van der Waals surface area (Å²) >= 11 is 0. The van der Waals surface area contributed by atoms with Crippen molar-refractivity contribution in [2.24, 2.45) is 0 Å². The fourth-order valence-corrected chi connectivity index (χ4v) is 1.53. The van der Waals surface area contributed by atoms with Gasteiger partial charge in [0.15, 0.2) is 0 Å². The molecule has 0 bridgehead atoms. The third-order valence-corrected chi connectivity index (χ3v) is 2.51. The zero-order chi connectivity index (χ0) is 11.3. The van der Waals surface area contributed by atoms with Gasteiger partial charge >= 0.3 is 0 Å². The third-order valence-electron chi connectivity index (χ3n) is 2.51. The Morgan fingerprint density at radius 2 is 1.93 bits per heavy atom. The molecule has 0 heterocycles. The van der Waals surface area contributed by atoms with E-state index < -0.39 is 0 Å². The van der Waals surface area contributed by atoms with Gasteiger partial charge in [-0.05, 0) is 42.5 Å². The van der Waals surface area contributed by atoms with Gasteiger partial charge in [-0.3, -0.25) is 0 Å². The van der Waals surface area contributed by atoms with Gasteiger partial charge in [0.25, 0.3) is 0 Å². The minimum absolute atomic E-state index is 0.568.